The first kappa shape index (κ1) is 17.7. The lowest BCUT2D eigenvalue weighted by Crippen LogP contribution is -2.13. The van der Waals surface area contributed by atoms with E-state index in [1.807, 2.05) is 24.3 Å². The molecule has 1 N–H and O–H groups in total. The Balaban J connectivity index is 1.66. The summed E-state index contributed by atoms with van der Waals surface area (Å²) in [4.78, 5) is 23.7. The normalized spacial score (nSPS) is 10.4. The molecule has 0 saturated heterocycles. The number of hydrogen-bond acceptors (Lipinski definition) is 4. The Kier molecular flexibility index (Phi) is 5.34. The Bertz CT molecular complexity index is 935. The van der Waals surface area contributed by atoms with Gasteiger partial charge in [-0.2, -0.15) is 5.10 Å². The molecule has 1 amide bonds. The number of halogens is 1. The molecule has 0 bridgehead atoms. The lowest BCUT2D eigenvalue weighted by Gasteiger charge is -2.05. The zero-order valence-corrected chi connectivity index (χ0v) is 14.7. The molecule has 0 saturated carbocycles. The van der Waals surface area contributed by atoms with Crippen molar-refractivity contribution in [1.82, 2.24) is 9.78 Å². The van der Waals surface area contributed by atoms with Crippen molar-refractivity contribution in [3.05, 3.63) is 82.5 Å². The number of ether oxygens (including phenoxy) is 1. The molecular weight excluding hydrogens is 354 g/mol. The predicted molar refractivity (Wildman–Crippen MR) is 98.5 cm³/mol. The van der Waals surface area contributed by atoms with Gasteiger partial charge in [0.25, 0.3) is 5.91 Å². The summed E-state index contributed by atoms with van der Waals surface area (Å²) in [6.45, 7) is 0.503. The van der Waals surface area contributed by atoms with Gasteiger partial charge in [0.05, 0.1) is 19.2 Å². The molecular formula is C19H16ClN3O3. The fourth-order valence-corrected chi connectivity index (χ4v) is 2.58. The van der Waals surface area contributed by atoms with E-state index in [-0.39, 0.29) is 5.91 Å². The minimum Gasteiger partial charge on any atom is -0.465 e. The highest BCUT2D eigenvalue weighted by atomic mass is 35.5. The van der Waals surface area contributed by atoms with Gasteiger partial charge in [-0.15, -0.1) is 0 Å². The molecule has 3 aromatic rings. The number of amides is 1. The highest BCUT2D eigenvalue weighted by Gasteiger charge is 2.11. The van der Waals surface area contributed by atoms with Crippen LogP contribution in [0.3, 0.4) is 0 Å². The van der Waals surface area contributed by atoms with Crippen LogP contribution in [0.2, 0.25) is 5.02 Å². The Morgan fingerprint density at radius 3 is 2.46 bits per heavy atom. The molecule has 26 heavy (non-hydrogen) atoms. The van der Waals surface area contributed by atoms with Crippen LogP contribution in [0.15, 0.2) is 60.8 Å². The molecule has 1 aromatic heterocycles. The Hall–Kier alpha value is -3.12. The highest BCUT2D eigenvalue weighted by Crippen LogP contribution is 2.16. The summed E-state index contributed by atoms with van der Waals surface area (Å²) >= 11 is 6.15. The second-order valence-corrected chi connectivity index (χ2v) is 5.92. The average molecular weight is 370 g/mol. The molecule has 0 atom stereocenters. The lowest BCUT2D eigenvalue weighted by molar-refractivity contribution is 0.0600. The van der Waals surface area contributed by atoms with Crippen LogP contribution >= 0.6 is 11.6 Å². The zero-order valence-electron chi connectivity index (χ0n) is 14.0. The third kappa shape index (κ3) is 4.10. The monoisotopic (exact) mass is 369 g/mol. The van der Waals surface area contributed by atoms with Gasteiger partial charge in [-0.05, 0) is 35.9 Å². The number of nitrogens with one attached hydrogen (secondary N) is 1. The maximum absolute atomic E-state index is 12.3. The van der Waals surface area contributed by atoms with Crippen LogP contribution in [0.25, 0.3) is 0 Å². The van der Waals surface area contributed by atoms with Crippen molar-refractivity contribution in [3.63, 3.8) is 0 Å². The maximum atomic E-state index is 12.3. The molecule has 132 valence electrons. The number of methoxy groups -OCH3 is 1. The van der Waals surface area contributed by atoms with Crippen molar-refractivity contribution < 1.29 is 14.3 Å². The van der Waals surface area contributed by atoms with E-state index < -0.39 is 5.97 Å². The maximum Gasteiger partial charge on any atom is 0.337 e. The number of carbonyl (C=O) groups is 2. The molecule has 0 aliphatic heterocycles. The number of aromatic nitrogens is 2. The average Bonchev–Trinajstić information content (AvgIpc) is 3.10. The minimum absolute atomic E-state index is 0.315. The van der Waals surface area contributed by atoms with Crippen molar-refractivity contribution in [3.8, 4) is 0 Å². The number of rotatable bonds is 5. The van der Waals surface area contributed by atoms with Crippen LogP contribution in [0.1, 0.15) is 26.3 Å². The largest absolute Gasteiger partial charge is 0.465 e. The van der Waals surface area contributed by atoms with Crippen LogP contribution < -0.4 is 5.32 Å². The van der Waals surface area contributed by atoms with Gasteiger partial charge in [-0.1, -0.05) is 29.8 Å². The second kappa shape index (κ2) is 7.84. The van der Waals surface area contributed by atoms with Crippen molar-refractivity contribution >= 4 is 29.3 Å². The summed E-state index contributed by atoms with van der Waals surface area (Å²) in [6.07, 6.45) is 1.76. The van der Waals surface area contributed by atoms with E-state index in [0.29, 0.717) is 28.5 Å². The first-order valence-corrected chi connectivity index (χ1v) is 8.21. The number of esters is 1. The fourth-order valence-electron chi connectivity index (χ4n) is 2.38. The van der Waals surface area contributed by atoms with Crippen molar-refractivity contribution in [2.75, 3.05) is 12.4 Å². The third-order valence-electron chi connectivity index (χ3n) is 3.74. The summed E-state index contributed by atoms with van der Waals surface area (Å²) in [5.41, 5.74) is 1.74. The lowest BCUT2D eigenvalue weighted by atomic mass is 10.1. The molecule has 3 rings (SSSR count). The molecule has 7 heteroatoms. The van der Waals surface area contributed by atoms with Crippen LogP contribution in [-0.4, -0.2) is 28.8 Å². The minimum atomic E-state index is -0.449. The first-order chi connectivity index (χ1) is 12.6. The van der Waals surface area contributed by atoms with Gasteiger partial charge in [0.15, 0.2) is 5.82 Å². The van der Waals surface area contributed by atoms with Gasteiger partial charge in [0.2, 0.25) is 0 Å². The van der Waals surface area contributed by atoms with E-state index in [4.69, 9.17) is 11.6 Å². The highest BCUT2D eigenvalue weighted by molar-refractivity contribution is 6.31. The Morgan fingerprint density at radius 2 is 1.77 bits per heavy atom. The number of carbonyl (C=O) groups excluding carboxylic acids is 2. The molecule has 6 nitrogen and oxygen atoms in total. The van der Waals surface area contributed by atoms with Crippen molar-refractivity contribution in [2.24, 2.45) is 0 Å². The molecule has 0 aliphatic rings. The SMILES string of the molecule is COC(=O)c1ccc(C(=O)Nc2ccn(Cc3ccccc3Cl)n2)cc1. The molecule has 0 aliphatic carbocycles. The number of hydrogen-bond donors (Lipinski definition) is 1. The van der Waals surface area contributed by atoms with Crippen LogP contribution in [-0.2, 0) is 11.3 Å². The van der Waals surface area contributed by atoms with Gasteiger partial charge in [0.1, 0.15) is 0 Å². The smallest absolute Gasteiger partial charge is 0.337 e. The van der Waals surface area contributed by atoms with Gasteiger partial charge < -0.3 is 10.1 Å². The zero-order chi connectivity index (χ0) is 18.5. The Labute approximate surface area is 155 Å². The molecule has 1 heterocycles. The summed E-state index contributed by atoms with van der Waals surface area (Å²) in [5, 5.41) is 7.71. The summed E-state index contributed by atoms with van der Waals surface area (Å²) in [5.74, 6) is -0.334. The second-order valence-electron chi connectivity index (χ2n) is 5.51. The van der Waals surface area contributed by atoms with E-state index in [9.17, 15) is 9.59 Å². The van der Waals surface area contributed by atoms with E-state index in [0.717, 1.165) is 5.56 Å². The van der Waals surface area contributed by atoms with E-state index in [1.54, 1.807) is 29.1 Å². The molecule has 0 fully saturated rings. The fraction of sp³-hybridized carbons (Fsp3) is 0.105. The standard InChI is InChI=1S/C19H16ClN3O3/c1-26-19(25)14-8-6-13(7-9-14)18(24)21-17-10-11-23(22-17)12-15-4-2-3-5-16(15)20/h2-11H,12H2,1H3,(H,21,22,24). The predicted octanol–water partition coefficient (Wildman–Crippen LogP) is 3.62. The van der Waals surface area contributed by atoms with E-state index in [1.165, 1.54) is 19.2 Å². The van der Waals surface area contributed by atoms with Crippen LogP contribution in [0, 0.1) is 0 Å². The van der Waals surface area contributed by atoms with Crippen LogP contribution in [0.5, 0.6) is 0 Å². The Morgan fingerprint density at radius 1 is 1.08 bits per heavy atom. The van der Waals surface area contributed by atoms with E-state index in [2.05, 4.69) is 15.2 Å². The van der Waals surface area contributed by atoms with Crippen molar-refractivity contribution in [1.29, 1.82) is 0 Å². The third-order valence-corrected chi connectivity index (χ3v) is 4.11. The summed E-state index contributed by atoms with van der Waals surface area (Å²) in [7, 11) is 1.31. The van der Waals surface area contributed by atoms with Gasteiger partial charge in [-0.25, -0.2) is 4.79 Å². The summed E-state index contributed by atoms with van der Waals surface area (Å²) < 4.78 is 6.32. The quantitative estimate of drug-likeness (QED) is 0.697. The van der Waals surface area contributed by atoms with Gasteiger partial charge in [-0.3, -0.25) is 9.48 Å². The summed E-state index contributed by atoms with van der Waals surface area (Å²) in [6, 6.07) is 15.4. The number of nitrogens with zero attached hydrogens (tertiary/aromatic N) is 2. The first-order valence-electron chi connectivity index (χ1n) is 7.83. The van der Waals surface area contributed by atoms with Gasteiger partial charge in [0, 0.05) is 22.8 Å². The van der Waals surface area contributed by atoms with E-state index >= 15 is 0 Å². The van der Waals surface area contributed by atoms with Gasteiger partial charge >= 0.3 is 5.97 Å². The molecule has 0 unspecified atom stereocenters. The topological polar surface area (TPSA) is 73.2 Å². The molecule has 0 spiro atoms. The molecule has 0 radical (unpaired) electrons. The number of benzene rings is 2. The van der Waals surface area contributed by atoms with Crippen LogP contribution in [0.4, 0.5) is 5.82 Å². The van der Waals surface area contributed by atoms with Crippen molar-refractivity contribution in [2.45, 2.75) is 6.54 Å². The molecule has 2 aromatic carbocycles. The number of anilines is 1.